The molecule has 1 saturated heterocycles. The molecule has 0 aliphatic carbocycles. The third kappa shape index (κ3) is 8.87. The number of esters is 1. The molecule has 1 aromatic carbocycles. The molecular weight excluding hydrogens is 570 g/mol. The lowest BCUT2D eigenvalue weighted by atomic mass is 10.1. The number of benzene rings is 1. The van der Waals surface area contributed by atoms with E-state index < -0.39 is 21.1 Å². The molecule has 5 N–H and O–H groups in total. The van der Waals surface area contributed by atoms with Gasteiger partial charge in [0.25, 0.3) is 5.09 Å². The first-order chi connectivity index (χ1) is 20.1. The van der Waals surface area contributed by atoms with Crippen molar-refractivity contribution in [3.05, 3.63) is 45.3 Å². The lowest BCUT2D eigenvalue weighted by Gasteiger charge is -2.38. The molecule has 15 nitrogen and oxygen atoms in total. The highest BCUT2D eigenvalue weighted by Crippen LogP contribution is 2.28. The molecule has 2 heterocycles. The van der Waals surface area contributed by atoms with Crippen molar-refractivity contribution in [3.63, 3.8) is 0 Å². The molecule has 232 valence electrons. The Balaban J connectivity index is 1.53. The number of nitrogens with one attached hydrogen (secondary N) is 3. The van der Waals surface area contributed by atoms with Crippen LogP contribution in [0.1, 0.15) is 51.5 Å². The molecule has 3 rings (SSSR count). The van der Waals surface area contributed by atoms with Crippen LogP contribution in [-0.4, -0.2) is 87.4 Å². The van der Waals surface area contributed by atoms with E-state index in [9.17, 15) is 23.3 Å². The van der Waals surface area contributed by atoms with Crippen molar-refractivity contribution < 1.29 is 32.6 Å². The van der Waals surface area contributed by atoms with Crippen LogP contribution in [0.15, 0.2) is 39.5 Å². The van der Waals surface area contributed by atoms with Gasteiger partial charge in [0.05, 0.1) is 47.3 Å². The van der Waals surface area contributed by atoms with E-state index in [-0.39, 0.29) is 50.2 Å². The van der Waals surface area contributed by atoms with Gasteiger partial charge >= 0.3 is 5.97 Å². The second kappa shape index (κ2) is 15.5. The van der Waals surface area contributed by atoms with Crippen LogP contribution in [0, 0.1) is 15.5 Å². The van der Waals surface area contributed by atoms with Gasteiger partial charge in [0.1, 0.15) is 18.2 Å². The first-order valence-corrected chi connectivity index (χ1v) is 15.3. The Morgan fingerprint density at radius 2 is 2.02 bits per heavy atom. The zero-order chi connectivity index (χ0) is 30.7. The van der Waals surface area contributed by atoms with E-state index in [1.165, 1.54) is 16.4 Å². The number of amidine groups is 1. The van der Waals surface area contributed by atoms with Crippen LogP contribution in [0.3, 0.4) is 0 Å². The Hall–Kier alpha value is -3.76. The van der Waals surface area contributed by atoms with Gasteiger partial charge in [-0.15, -0.1) is 10.1 Å². The van der Waals surface area contributed by atoms with Crippen molar-refractivity contribution in [1.29, 1.82) is 5.41 Å². The Morgan fingerprint density at radius 1 is 1.26 bits per heavy atom. The number of aliphatic imine (C=N–C) groups is 1. The van der Waals surface area contributed by atoms with Gasteiger partial charge in [-0.2, -0.15) is 4.31 Å². The number of carbonyl (C=O) groups excluding carboxylic acids is 1. The van der Waals surface area contributed by atoms with E-state index in [1.54, 1.807) is 6.07 Å². The maximum Gasteiger partial charge on any atom is 0.305 e. The molecule has 1 aromatic rings. The zero-order valence-corrected chi connectivity index (χ0v) is 24.7. The Kier molecular flexibility index (Phi) is 12.1. The van der Waals surface area contributed by atoms with Crippen LogP contribution in [0.4, 0.5) is 0 Å². The molecule has 0 amide bonds. The fourth-order valence-electron chi connectivity index (χ4n) is 4.34. The predicted molar refractivity (Wildman–Crippen MR) is 154 cm³/mol. The molecule has 0 radical (unpaired) electrons. The molecule has 0 unspecified atom stereocenters. The maximum atomic E-state index is 13.4. The maximum absolute atomic E-state index is 13.4. The molecular formula is C26H39N7O8S. The van der Waals surface area contributed by atoms with E-state index in [0.29, 0.717) is 66.7 Å². The highest BCUT2D eigenvalue weighted by Gasteiger charge is 2.37. The summed E-state index contributed by atoms with van der Waals surface area (Å²) >= 11 is 0. The van der Waals surface area contributed by atoms with E-state index >= 15 is 0 Å². The zero-order valence-electron chi connectivity index (χ0n) is 23.9. The summed E-state index contributed by atoms with van der Waals surface area (Å²) in [6, 6.07) is 4.54. The number of unbranched alkanes of at least 4 members (excludes halogenated alkanes) is 1. The number of allylic oxidation sites excluding steroid dienone is 1. The largest absolute Gasteiger partial charge is 0.493 e. The Morgan fingerprint density at radius 3 is 2.71 bits per heavy atom. The van der Waals surface area contributed by atoms with Crippen molar-refractivity contribution in [2.75, 3.05) is 46.0 Å². The average molecular weight is 610 g/mol. The van der Waals surface area contributed by atoms with Crippen molar-refractivity contribution in [1.82, 2.24) is 14.9 Å². The van der Waals surface area contributed by atoms with E-state index in [0.717, 1.165) is 6.42 Å². The molecule has 16 heteroatoms. The number of hydrogen-bond donors (Lipinski definition) is 4. The molecule has 0 aromatic heterocycles. The van der Waals surface area contributed by atoms with E-state index in [1.807, 2.05) is 13.8 Å². The number of carbonyl (C=O) groups is 1. The van der Waals surface area contributed by atoms with Crippen LogP contribution in [0.5, 0.6) is 5.75 Å². The summed E-state index contributed by atoms with van der Waals surface area (Å²) in [6.45, 7) is 5.29. The standard InChI is InChI=1S/C26H39N7O8S/c1-3-7-21(27)25-22(28)15-30-26(31-25)20-14-19(9-10-23(20)39-4-2)42(37,38)32-16-18(17-32)29-11-13-40-24(34)8-5-6-12-41-33(35)36/h9-10,14,18,27,29H,3-8,11-13,15-17,28H2,1-2H3,(H,30,31). The third-order valence-electron chi connectivity index (χ3n) is 6.54. The lowest BCUT2D eigenvalue weighted by Crippen LogP contribution is -2.60. The minimum atomic E-state index is -3.80. The number of ether oxygens (including phenoxy) is 2. The summed E-state index contributed by atoms with van der Waals surface area (Å²) < 4.78 is 39.0. The van der Waals surface area contributed by atoms with Crippen LogP contribution >= 0.6 is 0 Å². The van der Waals surface area contributed by atoms with Crippen LogP contribution < -0.4 is 21.1 Å². The van der Waals surface area contributed by atoms with Gasteiger partial charge in [-0.05, 0) is 44.4 Å². The molecule has 0 bridgehead atoms. The van der Waals surface area contributed by atoms with Crippen molar-refractivity contribution in [2.45, 2.75) is 56.9 Å². The smallest absolute Gasteiger partial charge is 0.305 e. The molecule has 0 atom stereocenters. The van der Waals surface area contributed by atoms with Gasteiger partial charge in [0, 0.05) is 32.1 Å². The van der Waals surface area contributed by atoms with Crippen molar-refractivity contribution in [3.8, 4) is 5.75 Å². The summed E-state index contributed by atoms with van der Waals surface area (Å²) in [7, 11) is -3.80. The summed E-state index contributed by atoms with van der Waals surface area (Å²) in [4.78, 5) is 30.6. The fourth-order valence-corrected chi connectivity index (χ4v) is 5.89. The lowest BCUT2D eigenvalue weighted by molar-refractivity contribution is -0.757. The average Bonchev–Trinajstić information content (AvgIpc) is 2.92. The minimum absolute atomic E-state index is 0.0649. The third-order valence-corrected chi connectivity index (χ3v) is 8.36. The SMILES string of the molecule is CCCC(=N)C1=C(N)CN=C(c2cc(S(=O)(=O)N3CC(NCCOC(=O)CCCCO[N+](=O)[O-])C3)ccc2OCC)N1. The summed E-state index contributed by atoms with van der Waals surface area (Å²) in [5, 5.41) is 23.9. The normalized spacial score (nSPS) is 15.8. The minimum Gasteiger partial charge on any atom is -0.493 e. The second-order valence-corrected chi connectivity index (χ2v) is 11.7. The molecule has 0 spiro atoms. The van der Waals surface area contributed by atoms with Gasteiger partial charge in [-0.25, -0.2) is 8.42 Å². The Labute approximate surface area is 245 Å². The summed E-state index contributed by atoms with van der Waals surface area (Å²) in [5.74, 6) is 0.446. The molecule has 42 heavy (non-hydrogen) atoms. The van der Waals surface area contributed by atoms with Gasteiger partial charge in [0.15, 0.2) is 0 Å². The van der Waals surface area contributed by atoms with Crippen molar-refractivity contribution >= 4 is 27.5 Å². The van der Waals surface area contributed by atoms with Crippen LogP contribution in [0.2, 0.25) is 0 Å². The van der Waals surface area contributed by atoms with Gasteiger partial charge in [-0.1, -0.05) is 13.3 Å². The summed E-state index contributed by atoms with van der Waals surface area (Å²) in [6.07, 6.45) is 2.25. The molecule has 0 saturated carbocycles. The summed E-state index contributed by atoms with van der Waals surface area (Å²) in [5.41, 5.74) is 7.87. The van der Waals surface area contributed by atoms with Gasteiger partial charge in [-0.3, -0.25) is 9.79 Å². The Bertz CT molecular complexity index is 1310. The first-order valence-electron chi connectivity index (χ1n) is 13.9. The van der Waals surface area contributed by atoms with Crippen LogP contribution in [-0.2, 0) is 24.4 Å². The van der Waals surface area contributed by atoms with Crippen LogP contribution in [0.25, 0.3) is 0 Å². The second-order valence-electron chi connectivity index (χ2n) is 9.72. The molecule has 1 fully saturated rings. The van der Waals surface area contributed by atoms with Crippen molar-refractivity contribution in [2.24, 2.45) is 10.7 Å². The monoisotopic (exact) mass is 609 g/mol. The van der Waals surface area contributed by atoms with Gasteiger partial charge in [0.2, 0.25) is 10.0 Å². The van der Waals surface area contributed by atoms with Gasteiger partial charge < -0.3 is 36.1 Å². The molecule has 2 aliphatic rings. The highest BCUT2D eigenvalue weighted by molar-refractivity contribution is 7.89. The number of sulfonamides is 1. The fraction of sp³-hybridized carbons (Fsp3) is 0.577. The van der Waals surface area contributed by atoms with E-state index in [2.05, 4.69) is 20.5 Å². The predicted octanol–water partition coefficient (Wildman–Crippen LogP) is 1.31. The molecule has 2 aliphatic heterocycles. The highest BCUT2D eigenvalue weighted by atomic mass is 32.2. The topological polar surface area (TPSA) is 212 Å². The first kappa shape index (κ1) is 32.8. The number of hydrogen-bond acceptors (Lipinski definition) is 13. The van der Waals surface area contributed by atoms with E-state index in [4.69, 9.17) is 20.6 Å². The number of nitrogens with two attached hydrogens (primary N) is 1. The number of nitrogens with zero attached hydrogens (tertiary/aromatic N) is 3. The number of rotatable bonds is 18. The quantitative estimate of drug-likeness (QED) is 0.0612.